The molecule has 3 aromatic rings. The number of fused-ring (bicyclic) bond motifs is 1. The summed E-state index contributed by atoms with van der Waals surface area (Å²) in [5.41, 5.74) is 4.53. The molecule has 0 radical (unpaired) electrons. The van der Waals surface area contributed by atoms with Gasteiger partial charge in [-0.2, -0.15) is 0 Å². The van der Waals surface area contributed by atoms with E-state index < -0.39 is 0 Å². The quantitative estimate of drug-likeness (QED) is 0.513. The van der Waals surface area contributed by atoms with E-state index in [0.29, 0.717) is 18.7 Å². The summed E-state index contributed by atoms with van der Waals surface area (Å²) in [6, 6.07) is 22.1. The smallest absolute Gasteiger partial charge is 0.338 e. The molecule has 3 aromatic carbocycles. The van der Waals surface area contributed by atoms with Crippen molar-refractivity contribution in [2.24, 2.45) is 0 Å². The highest BCUT2D eigenvalue weighted by Gasteiger charge is 2.27. The molecule has 1 aliphatic heterocycles. The first-order valence-electron chi connectivity index (χ1n) is 11.1. The lowest BCUT2D eigenvalue weighted by Crippen LogP contribution is -2.44. The molecule has 0 amide bonds. The van der Waals surface area contributed by atoms with Gasteiger partial charge in [0.2, 0.25) is 0 Å². The second kappa shape index (κ2) is 9.96. The van der Waals surface area contributed by atoms with Gasteiger partial charge in [-0.25, -0.2) is 4.79 Å². The Bertz CT molecular complexity index is 1130. The molecule has 0 fully saturated rings. The van der Waals surface area contributed by atoms with Crippen molar-refractivity contribution in [3.8, 4) is 11.5 Å². The van der Waals surface area contributed by atoms with Crippen LogP contribution in [0.3, 0.4) is 0 Å². The van der Waals surface area contributed by atoms with Crippen LogP contribution in [0.4, 0.5) is 11.4 Å². The third kappa shape index (κ3) is 4.96. The SMILES string of the molecule is COC(=O)c1cc(N2CC(CN[C@H](C)c3cccc(OC)c3)Oc3ccccc32)ccc1C. The molecule has 1 unspecified atom stereocenters. The molecule has 2 atom stereocenters. The van der Waals surface area contributed by atoms with Crippen molar-refractivity contribution in [3.63, 3.8) is 0 Å². The Morgan fingerprint density at radius 3 is 2.73 bits per heavy atom. The Kier molecular flexibility index (Phi) is 6.84. The maximum atomic E-state index is 12.3. The first-order valence-corrected chi connectivity index (χ1v) is 11.1. The summed E-state index contributed by atoms with van der Waals surface area (Å²) in [4.78, 5) is 14.5. The molecule has 1 heterocycles. The number of para-hydroxylation sites is 2. The van der Waals surface area contributed by atoms with Crippen LogP contribution < -0.4 is 19.7 Å². The first-order chi connectivity index (χ1) is 16.0. The summed E-state index contributed by atoms with van der Waals surface area (Å²) >= 11 is 0. The van der Waals surface area contributed by atoms with Gasteiger partial charge in [0.1, 0.15) is 17.6 Å². The molecule has 0 saturated heterocycles. The second-order valence-electron chi connectivity index (χ2n) is 8.22. The van der Waals surface area contributed by atoms with Gasteiger partial charge >= 0.3 is 5.97 Å². The number of benzene rings is 3. The number of aryl methyl sites for hydroxylation is 1. The lowest BCUT2D eigenvalue weighted by atomic mass is 10.1. The van der Waals surface area contributed by atoms with Gasteiger partial charge in [-0.15, -0.1) is 0 Å². The Labute approximate surface area is 195 Å². The fourth-order valence-corrected chi connectivity index (χ4v) is 4.09. The molecule has 0 aliphatic carbocycles. The minimum atomic E-state index is -0.332. The zero-order valence-electron chi connectivity index (χ0n) is 19.5. The van der Waals surface area contributed by atoms with Crippen LogP contribution >= 0.6 is 0 Å². The average Bonchev–Trinajstić information content (AvgIpc) is 2.86. The molecule has 6 heteroatoms. The molecule has 0 saturated carbocycles. The predicted molar refractivity (Wildman–Crippen MR) is 130 cm³/mol. The zero-order chi connectivity index (χ0) is 23.4. The highest BCUT2D eigenvalue weighted by atomic mass is 16.5. The normalized spacial score (nSPS) is 15.9. The summed E-state index contributed by atoms with van der Waals surface area (Å²) in [5.74, 6) is 1.34. The van der Waals surface area contributed by atoms with Gasteiger partial charge in [0.15, 0.2) is 0 Å². The minimum absolute atomic E-state index is 0.0733. The first kappa shape index (κ1) is 22.7. The Hall–Kier alpha value is -3.51. The van der Waals surface area contributed by atoms with E-state index >= 15 is 0 Å². The predicted octanol–water partition coefficient (Wildman–Crippen LogP) is 5.04. The molecule has 0 aromatic heterocycles. The lowest BCUT2D eigenvalue weighted by Gasteiger charge is -2.37. The van der Waals surface area contributed by atoms with E-state index in [2.05, 4.69) is 23.2 Å². The van der Waals surface area contributed by atoms with Crippen LogP contribution in [0, 0.1) is 6.92 Å². The van der Waals surface area contributed by atoms with Crippen molar-refractivity contribution in [3.05, 3.63) is 83.4 Å². The zero-order valence-corrected chi connectivity index (χ0v) is 19.5. The van der Waals surface area contributed by atoms with Gasteiger partial charge in [0, 0.05) is 18.3 Å². The molecule has 1 N–H and O–H groups in total. The van der Waals surface area contributed by atoms with Crippen molar-refractivity contribution in [2.75, 3.05) is 32.2 Å². The van der Waals surface area contributed by atoms with Gasteiger partial charge in [-0.1, -0.05) is 30.3 Å². The van der Waals surface area contributed by atoms with Gasteiger partial charge in [0.25, 0.3) is 0 Å². The van der Waals surface area contributed by atoms with Crippen LogP contribution in [0.15, 0.2) is 66.7 Å². The molecule has 6 nitrogen and oxygen atoms in total. The fourth-order valence-electron chi connectivity index (χ4n) is 4.09. The van der Waals surface area contributed by atoms with Crippen molar-refractivity contribution in [1.82, 2.24) is 5.32 Å². The third-order valence-electron chi connectivity index (χ3n) is 6.02. The number of hydrogen-bond donors (Lipinski definition) is 1. The fraction of sp³-hybridized carbons (Fsp3) is 0.296. The maximum Gasteiger partial charge on any atom is 0.338 e. The molecule has 0 bridgehead atoms. The van der Waals surface area contributed by atoms with Crippen LogP contribution in [0.1, 0.15) is 34.5 Å². The van der Waals surface area contributed by atoms with E-state index in [1.165, 1.54) is 7.11 Å². The highest BCUT2D eigenvalue weighted by molar-refractivity contribution is 5.92. The van der Waals surface area contributed by atoms with Crippen LogP contribution in [-0.2, 0) is 4.74 Å². The average molecular weight is 447 g/mol. The molecular weight excluding hydrogens is 416 g/mol. The van der Waals surface area contributed by atoms with Gasteiger partial charge in [0.05, 0.1) is 32.0 Å². The highest BCUT2D eigenvalue weighted by Crippen LogP contribution is 2.38. The van der Waals surface area contributed by atoms with Gasteiger partial charge in [-0.3, -0.25) is 0 Å². The summed E-state index contributed by atoms with van der Waals surface area (Å²) < 4.78 is 16.6. The van der Waals surface area contributed by atoms with E-state index in [-0.39, 0.29) is 18.1 Å². The van der Waals surface area contributed by atoms with Crippen molar-refractivity contribution in [2.45, 2.75) is 26.0 Å². The number of anilines is 2. The number of nitrogens with one attached hydrogen (secondary N) is 1. The molecule has 0 spiro atoms. The largest absolute Gasteiger partial charge is 0.497 e. The van der Waals surface area contributed by atoms with E-state index in [9.17, 15) is 4.79 Å². The van der Waals surface area contributed by atoms with Crippen molar-refractivity contribution >= 4 is 17.3 Å². The van der Waals surface area contributed by atoms with Crippen molar-refractivity contribution in [1.29, 1.82) is 0 Å². The topological polar surface area (TPSA) is 60.0 Å². The lowest BCUT2D eigenvalue weighted by molar-refractivity contribution is 0.0600. The van der Waals surface area contributed by atoms with Gasteiger partial charge < -0.3 is 24.4 Å². The summed E-state index contributed by atoms with van der Waals surface area (Å²) in [5, 5.41) is 3.59. The van der Waals surface area contributed by atoms with Crippen LogP contribution in [0.2, 0.25) is 0 Å². The summed E-state index contributed by atoms with van der Waals surface area (Å²) in [6.07, 6.45) is -0.0733. The number of esters is 1. The Morgan fingerprint density at radius 2 is 1.94 bits per heavy atom. The Balaban J connectivity index is 1.55. The number of ether oxygens (including phenoxy) is 3. The van der Waals surface area contributed by atoms with E-state index in [1.807, 2.05) is 67.6 Å². The Morgan fingerprint density at radius 1 is 1.12 bits per heavy atom. The minimum Gasteiger partial charge on any atom is -0.497 e. The number of nitrogens with zero attached hydrogens (tertiary/aromatic N) is 1. The number of carbonyl (C=O) groups is 1. The van der Waals surface area contributed by atoms with E-state index in [0.717, 1.165) is 34.0 Å². The number of rotatable bonds is 7. The van der Waals surface area contributed by atoms with Crippen LogP contribution in [0.25, 0.3) is 0 Å². The maximum absolute atomic E-state index is 12.3. The third-order valence-corrected chi connectivity index (χ3v) is 6.02. The van der Waals surface area contributed by atoms with Crippen LogP contribution in [-0.4, -0.2) is 39.4 Å². The monoisotopic (exact) mass is 446 g/mol. The van der Waals surface area contributed by atoms with Gasteiger partial charge in [-0.05, 0) is 61.4 Å². The summed E-state index contributed by atoms with van der Waals surface area (Å²) in [7, 11) is 3.08. The second-order valence-corrected chi connectivity index (χ2v) is 8.22. The van der Waals surface area contributed by atoms with E-state index in [4.69, 9.17) is 14.2 Å². The van der Waals surface area contributed by atoms with Crippen molar-refractivity contribution < 1.29 is 19.0 Å². The van der Waals surface area contributed by atoms with Crippen LogP contribution in [0.5, 0.6) is 11.5 Å². The molecule has 172 valence electrons. The molecule has 33 heavy (non-hydrogen) atoms. The molecular formula is C27H30N2O4. The number of methoxy groups -OCH3 is 2. The molecule has 1 aliphatic rings. The number of hydrogen-bond acceptors (Lipinski definition) is 6. The molecule has 4 rings (SSSR count). The van der Waals surface area contributed by atoms with E-state index in [1.54, 1.807) is 7.11 Å². The standard InChI is InChI=1S/C27H30N2O4/c1-18-12-13-21(15-24(18)27(30)32-4)29-17-23(33-26-11-6-5-10-25(26)29)16-28-19(2)20-8-7-9-22(14-20)31-3/h5-15,19,23,28H,16-17H2,1-4H3/t19-,23?/m1/s1. The summed E-state index contributed by atoms with van der Waals surface area (Å²) in [6.45, 7) is 5.36. The number of carbonyl (C=O) groups excluding carboxylic acids is 1.